The van der Waals surface area contributed by atoms with Crippen LogP contribution in [0.1, 0.15) is 29.5 Å². The molecule has 0 aliphatic carbocycles. The van der Waals surface area contributed by atoms with E-state index in [1.807, 2.05) is 47.1 Å². The van der Waals surface area contributed by atoms with Gasteiger partial charge in [0, 0.05) is 19.2 Å². The Morgan fingerprint density at radius 2 is 1.81 bits per heavy atom. The molecule has 1 aliphatic rings. The summed E-state index contributed by atoms with van der Waals surface area (Å²) in [5, 5.41) is 8.73. The van der Waals surface area contributed by atoms with E-state index in [0.717, 1.165) is 49.4 Å². The summed E-state index contributed by atoms with van der Waals surface area (Å²) in [6, 6.07) is 20.3. The molecule has 2 aromatic carbocycles. The van der Waals surface area contributed by atoms with Crippen LogP contribution in [0.5, 0.6) is 0 Å². The Hall–Kier alpha value is -3.03. The zero-order valence-electron chi connectivity index (χ0n) is 17.3. The number of hydrogen-bond acceptors (Lipinski definition) is 5. The molecule has 1 aliphatic heterocycles. The maximum Gasteiger partial charge on any atom is 0.229 e. The van der Waals surface area contributed by atoms with Gasteiger partial charge in [-0.05, 0) is 30.5 Å². The van der Waals surface area contributed by atoms with Crippen molar-refractivity contribution in [3.05, 3.63) is 77.4 Å². The van der Waals surface area contributed by atoms with E-state index in [0.29, 0.717) is 12.5 Å². The summed E-state index contributed by atoms with van der Waals surface area (Å²) < 4.78 is 3.23. The minimum Gasteiger partial charge on any atom is -0.311 e. The van der Waals surface area contributed by atoms with Crippen molar-refractivity contribution in [3.63, 3.8) is 0 Å². The third-order valence-corrected chi connectivity index (χ3v) is 6.77. The van der Waals surface area contributed by atoms with Crippen molar-refractivity contribution in [2.75, 3.05) is 18.4 Å². The Balaban J connectivity index is 1.17. The van der Waals surface area contributed by atoms with Crippen LogP contribution < -0.4 is 5.32 Å². The molecule has 6 nitrogen and oxygen atoms in total. The number of thiazole rings is 1. The molecular formula is C24H25N5OS. The van der Waals surface area contributed by atoms with Gasteiger partial charge in [-0.1, -0.05) is 42.5 Å². The van der Waals surface area contributed by atoms with E-state index < -0.39 is 0 Å². The predicted molar refractivity (Wildman–Crippen MR) is 124 cm³/mol. The van der Waals surface area contributed by atoms with E-state index in [1.54, 1.807) is 17.5 Å². The number of fused-ring (bicyclic) bond motifs is 1. The zero-order chi connectivity index (χ0) is 21.0. The number of likely N-dealkylation sites (tertiary alicyclic amines) is 1. The highest BCUT2D eigenvalue weighted by molar-refractivity contribution is 7.18. The first kappa shape index (κ1) is 19.9. The summed E-state index contributed by atoms with van der Waals surface area (Å²) in [6.45, 7) is 2.89. The van der Waals surface area contributed by atoms with Gasteiger partial charge in [0.25, 0.3) is 0 Å². The maximum absolute atomic E-state index is 12.5. The Labute approximate surface area is 185 Å². The van der Waals surface area contributed by atoms with Gasteiger partial charge in [-0.2, -0.15) is 5.10 Å². The van der Waals surface area contributed by atoms with Crippen LogP contribution >= 0.6 is 11.3 Å². The van der Waals surface area contributed by atoms with Crippen LogP contribution in [0.4, 0.5) is 5.82 Å². The monoisotopic (exact) mass is 431 g/mol. The lowest BCUT2D eigenvalue weighted by molar-refractivity contribution is -0.115. The van der Waals surface area contributed by atoms with Crippen molar-refractivity contribution in [3.8, 4) is 0 Å². The Morgan fingerprint density at radius 1 is 1.03 bits per heavy atom. The topological polar surface area (TPSA) is 63.1 Å². The number of anilines is 1. The smallest absolute Gasteiger partial charge is 0.229 e. The number of amides is 1. The summed E-state index contributed by atoms with van der Waals surface area (Å²) in [5.74, 6) is 0.770. The van der Waals surface area contributed by atoms with Crippen LogP contribution in [0.3, 0.4) is 0 Å². The quantitative estimate of drug-likeness (QED) is 0.488. The standard InChI is InChI=1S/C24H25N5OS/c30-23(16-18-6-2-1-3-7-18)27-22-10-13-25-29(22)19-11-14-28(15-12-19)17-24-26-20-8-4-5-9-21(20)31-24/h1-10,13,19H,11-12,14-17H2,(H,27,30). The molecule has 0 atom stereocenters. The molecule has 5 rings (SSSR count). The second-order valence-corrected chi connectivity index (χ2v) is 9.07. The highest BCUT2D eigenvalue weighted by atomic mass is 32.1. The van der Waals surface area contributed by atoms with Gasteiger partial charge in [-0.25, -0.2) is 9.67 Å². The first-order valence-corrected chi connectivity index (χ1v) is 11.5. The molecule has 1 N–H and O–H groups in total. The number of piperidine rings is 1. The molecule has 1 fully saturated rings. The minimum atomic E-state index is -0.0128. The van der Waals surface area contributed by atoms with E-state index in [4.69, 9.17) is 4.98 Å². The van der Waals surface area contributed by atoms with Gasteiger partial charge in [-0.3, -0.25) is 9.69 Å². The van der Waals surface area contributed by atoms with Gasteiger partial charge in [0.15, 0.2) is 0 Å². The Morgan fingerprint density at radius 3 is 2.61 bits per heavy atom. The fourth-order valence-electron chi connectivity index (χ4n) is 4.17. The third kappa shape index (κ3) is 4.68. The molecular weight excluding hydrogens is 406 g/mol. The van der Waals surface area contributed by atoms with Gasteiger partial charge in [0.2, 0.25) is 5.91 Å². The molecule has 1 saturated heterocycles. The molecule has 0 unspecified atom stereocenters. The number of hydrogen-bond donors (Lipinski definition) is 1. The van der Waals surface area contributed by atoms with Crippen molar-refractivity contribution in [1.82, 2.24) is 19.7 Å². The average Bonchev–Trinajstić information content (AvgIpc) is 3.41. The molecule has 7 heteroatoms. The number of benzene rings is 2. The average molecular weight is 432 g/mol. The van der Waals surface area contributed by atoms with Crippen LogP contribution in [0.2, 0.25) is 0 Å². The number of rotatable bonds is 6. The molecule has 0 radical (unpaired) electrons. The van der Waals surface area contributed by atoms with E-state index in [1.165, 1.54) is 9.71 Å². The van der Waals surface area contributed by atoms with Crippen molar-refractivity contribution in [2.45, 2.75) is 31.8 Å². The summed E-state index contributed by atoms with van der Waals surface area (Å²) in [7, 11) is 0. The van der Waals surface area contributed by atoms with Crippen molar-refractivity contribution < 1.29 is 4.79 Å². The normalized spacial score (nSPS) is 15.4. The molecule has 3 heterocycles. The number of para-hydroxylation sites is 1. The first-order chi connectivity index (χ1) is 15.2. The molecule has 0 saturated carbocycles. The van der Waals surface area contributed by atoms with E-state index in [9.17, 15) is 4.79 Å². The molecule has 1 amide bonds. The van der Waals surface area contributed by atoms with Crippen LogP contribution in [0, 0.1) is 0 Å². The molecule has 0 bridgehead atoms. The molecule has 31 heavy (non-hydrogen) atoms. The summed E-state index contributed by atoms with van der Waals surface area (Å²) in [5.41, 5.74) is 2.10. The van der Waals surface area contributed by atoms with E-state index in [2.05, 4.69) is 33.5 Å². The molecule has 158 valence electrons. The summed E-state index contributed by atoms with van der Waals surface area (Å²) in [4.78, 5) is 19.7. The zero-order valence-corrected chi connectivity index (χ0v) is 18.1. The number of carbonyl (C=O) groups is 1. The van der Waals surface area contributed by atoms with Gasteiger partial charge >= 0.3 is 0 Å². The second kappa shape index (κ2) is 8.99. The van der Waals surface area contributed by atoms with Crippen LogP contribution in [0.25, 0.3) is 10.2 Å². The highest BCUT2D eigenvalue weighted by Crippen LogP contribution is 2.28. The molecule has 4 aromatic rings. The predicted octanol–water partition coefficient (Wildman–Crippen LogP) is 4.51. The van der Waals surface area contributed by atoms with Crippen LogP contribution in [-0.4, -0.2) is 38.7 Å². The van der Waals surface area contributed by atoms with Gasteiger partial charge in [-0.15, -0.1) is 11.3 Å². The SMILES string of the molecule is O=C(Cc1ccccc1)Nc1ccnn1C1CCN(Cc2nc3ccccc3s2)CC1. The van der Waals surface area contributed by atoms with Crippen molar-refractivity contribution in [2.24, 2.45) is 0 Å². The van der Waals surface area contributed by atoms with Crippen LogP contribution in [-0.2, 0) is 17.8 Å². The lowest BCUT2D eigenvalue weighted by atomic mass is 10.1. The lowest BCUT2D eigenvalue weighted by Gasteiger charge is -2.32. The second-order valence-electron chi connectivity index (χ2n) is 7.95. The minimum absolute atomic E-state index is 0.0128. The largest absolute Gasteiger partial charge is 0.311 e. The number of aromatic nitrogens is 3. The number of nitrogens with one attached hydrogen (secondary N) is 1. The Kier molecular flexibility index (Phi) is 5.78. The fraction of sp³-hybridized carbons (Fsp3) is 0.292. The number of carbonyl (C=O) groups excluding carboxylic acids is 1. The van der Waals surface area contributed by atoms with E-state index >= 15 is 0 Å². The third-order valence-electron chi connectivity index (χ3n) is 5.75. The van der Waals surface area contributed by atoms with Gasteiger partial charge in [0.05, 0.1) is 35.4 Å². The van der Waals surface area contributed by atoms with E-state index in [-0.39, 0.29) is 5.91 Å². The van der Waals surface area contributed by atoms with Crippen molar-refractivity contribution in [1.29, 1.82) is 0 Å². The highest BCUT2D eigenvalue weighted by Gasteiger charge is 2.24. The Bertz CT molecular complexity index is 1130. The van der Waals surface area contributed by atoms with Crippen molar-refractivity contribution >= 4 is 33.3 Å². The lowest BCUT2D eigenvalue weighted by Crippen LogP contribution is -2.35. The first-order valence-electron chi connectivity index (χ1n) is 10.7. The van der Waals surface area contributed by atoms with Gasteiger partial charge < -0.3 is 5.32 Å². The molecule has 2 aromatic heterocycles. The molecule has 0 spiro atoms. The summed E-state index contributed by atoms with van der Waals surface area (Å²) >= 11 is 1.78. The fourth-order valence-corrected chi connectivity index (χ4v) is 5.18. The van der Waals surface area contributed by atoms with Gasteiger partial charge in [0.1, 0.15) is 10.8 Å². The maximum atomic E-state index is 12.5. The van der Waals surface area contributed by atoms with Crippen LogP contribution in [0.15, 0.2) is 66.9 Å². The summed E-state index contributed by atoms with van der Waals surface area (Å²) in [6.07, 6.45) is 4.15. The number of nitrogens with zero attached hydrogens (tertiary/aromatic N) is 4.